The summed E-state index contributed by atoms with van der Waals surface area (Å²) in [4.78, 5) is 0.161. The van der Waals surface area contributed by atoms with E-state index < -0.39 is 16.1 Å². The topological polar surface area (TPSA) is 83.6 Å². The maximum absolute atomic E-state index is 12.4. The standard InChI is InChI=1S/C11H16N2O3S/c1-8-3-2-4-10(12)11(8)17(15,16)13-6-5-9(14)7-13/h2-4,9,14H,5-7,12H2,1H3/t9-/m1/s1. The summed E-state index contributed by atoms with van der Waals surface area (Å²) in [7, 11) is -3.58. The average molecular weight is 256 g/mol. The molecule has 5 nitrogen and oxygen atoms in total. The molecular weight excluding hydrogens is 240 g/mol. The quantitative estimate of drug-likeness (QED) is 0.747. The van der Waals surface area contributed by atoms with Crippen LogP contribution in [0.25, 0.3) is 0 Å². The zero-order chi connectivity index (χ0) is 12.6. The van der Waals surface area contributed by atoms with E-state index in [1.54, 1.807) is 25.1 Å². The molecule has 0 spiro atoms. The van der Waals surface area contributed by atoms with Crippen LogP contribution < -0.4 is 5.73 Å². The SMILES string of the molecule is Cc1cccc(N)c1S(=O)(=O)N1CC[C@@H](O)C1. The van der Waals surface area contributed by atoms with E-state index in [1.165, 1.54) is 4.31 Å². The van der Waals surface area contributed by atoms with Crippen LogP contribution in [0.2, 0.25) is 0 Å². The predicted octanol–water partition coefficient (Wildman–Crippen LogP) is 0.333. The number of nitrogens with two attached hydrogens (primary N) is 1. The summed E-state index contributed by atoms with van der Waals surface area (Å²) < 4.78 is 26.0. The van der Waals surface area contributed by atoms with E-state index in [0.29, 0.717) is 18.5 Å². The molecule has 1 aliphatic heterocycles. The van der Waals surface area contributed by atoms with Crippen molar-refractivity contribution in [3.05, 3.63) is 23.8 Å². The van der Waals surface area contributed by atoms with Gasteiger partial charge >= 0.3 is 0 Å². The number of aliphatic hydroxyl groups excluding tert-OH is 1. The van der Waals surface area contributed by atoms with Gasteiger partial charge in [0.25, 0.3) is 0 Å². The molecular formula is C11H16N2O3S. The van der Waals surface area contributed by atoms with Crippen LogP contribution in [0.4, 0.5) is 5.69 Å². The van der Waals surface area contributed by atoms with Crippen LogP contribution in [0.1, 0.15) is 12.0 Å². The second-order valence-electron chi connectivity index (χ2n) is 4.30. The van der Waals surface area contributed by atoms with Crippen molar-refractivity contribution < 1.29 is 13.5 Å². The number of sulfonamides is 1. The van der Waals surface area contributed by atoms with Crippen LogP contribution in [0, 0.1) is 6.92 Å². The molecule has 0 unspecified atom stereocenters. The number of hydrogen-bond acceptors (Lipinski definition) is 4. The number of hydrogen-bond donors (Lipinski definition) is 2. The number of aryl methyl sites for hydroxylation is 1. The lowest BCUT2D eigenvalue weighted by Gasteiger charge is -2.18. The fourth-order valence-electron chi connectivity index (χ4n) is 2.09. The first-order chi connectivity index (χ1) is 7.93. The third-order valence-electron chi connectivity index (χ3n) is 2.97. The number of aliphatic hydroxyl groups is 1. The first-order valence-corrected chi connectivity index (χ1v) is 6.90. The smallest absolute Gasteiger partial charge is 0.245 e. The van der Waals surface area contributed by atoms with Gasteiger partial charge in [-0.05, 0) is 25.0 Å². The van der Waals surface area contributed by atoms with Gasteiger partial charge < -0.3 is 10.8 Å². The van der Waals surface area contributed by atoms with Crippen LogP contribution >= 0.6 is 0 Å². The normalized spacial score (nSPS) is 21.9. The number of benzene rings is 1. The fourth-order valence-corrected chi connectivity index (χ4v) is 3.90. The molecule has 1 saturated heterocycles. The first kappa shape index (κ1) is 12.3. The van der Waals surface area contributed by atoms with Gasteiger partial charge in [0.15, 0.2) is 0 Å². The molecule has 3 N–H and O–H groups in total. The summed E-state index contributed by atoms with van der Waals surface area (Å²) in [6.45, 7) is 2.21. The van der Waals surface area contributed by atoms with Crippen LogP contribution in [0.5, 0.6) is 0 Å². The van der Waals surface area contributed by atoms with Crippen molar-refractivity contribution in [3.63, 3.8) is 0 Å². The van der Waals surface area contributed by atoms with Gasteiger partial charge in [0.2, 0.25) is 10.0 Å². The summed E-state index contributed by atoms with van der Waals surface area (Å²) in [5.41, 5.74) is 6.63. The van der Waals surface area contributed by atoms with E-state index in [2.05, 4.69) is 0 Å². The van der Waals surface area contributed by atoms with Crippen LogP contribution in [0.3, 0.4) is 0 Å². The van der Waals surface area contributed by atoms with E-state index in [1.807, 2.05) is 0 Å². The molecule has 1 aliphatic rings. The van der Waals surface area contributed by atoms with Crippen LogP contribution in [-0.4, -0.2) is 37.0 Å². The van der Waals surface area contributed by atoms with Crippen molar-refractivity contribution in [2.24, 2.45) is 0 Å². The molecule has 0 amide bonds. The third kappa shape index (κ3) is 2.15. The minimum Gasteiger partial charge on any atom is -0.398 e. The molecule has 0 aromatic heterocycles. The van der Waals surface area contributed by atoms with Crippen molar-refractivity contribution in [1.82, 2.24) is 4.31 Å². The summed E-state index contributed by atoms with van der Waals surface area (Å²) in [6, 6.07) is 5.02. The van der Waals surface area contributed by atoms with Gasteiger partial charge in [0.1, 0.15) is 4.90 Å². The number of anilines is 1. The second kappa shape index (κ2) is 4.29. The highest BCUT2D eigenvalue weighted by molar-refractivity contribution is 7.89. The van der Waals surface area contributed by atoms with Crippen LogP contribution in [0.15, 0.2) is 23.1 Å². The van der Waals surface area contributed by atoms with E-state index in [4.69, 9.17) is 5.73 Å². The Hall–Kier alpha value is -1.11. The zero-order valence-electron chi connectivity index (χ0n) is 9.63. The Labute approximate surface area is 101 Å². The molecule has 1 heterocycles. The van der Waals surface area contributed by atoms with Gasteiger partial charge in [-0.3, -0.25) is 0 Å². The second-order valence-corrected chi connectivity index (χ2v) is 6.17. The molecule has 1 atom stereocenters. The number of β-amino-alcohol motifs (C(OH)–C–C–N with tert-alkyl or cyclic N) is 1. The maximum Gasteiger partial charge on any atom is 0.245 e. The molecule has 0 saturated carbocycles. The Bertz CT molecular complexity index is 507. The van der Waals surface area contributed by atoms with Crippen LogP contribution in [-0.2, 0) is 10.0 Å². The minimum absolute atomic E-state index is 0.149. The summed E-state index contributed by atoms with van der Waals surface area (Å²) in [5, 5.41) is 9.41. The molecule has 1 fully saturated rings. The Morgan fingerprint density at radius 3 is 2.71 bits per heavy atom. The highest BCUT2D eigenvalue weighted by Gasteiger charge is 2.33. The fraction of sp³-hybridized carbons (Fsp3) is 0.455. The molecule has 1 aromatic carbocycles. The van der Waals surface area contributed by atoms with Crippen molar-refractivity contribution in [3.8, 4) is 0 Å². The minimum atomic E-state index is -3.58. The lowest BCUT2D eigenvalue weighted by Crippen LogP contribution is -2.30. The molecule has 0 bridgehead atoms. The van der Waals surface area contributed by atoms with Gasteiger partial charge in [-0.25, -0.2) is 8.42 Å². The lowest BCUT2D eigenvalue weighted by atomic mass is 10.2. The molecule has 94 valence electrons. The Morgan fingerprint density at radius 1 is 1.47 bits per heavy atom. The summed E-state index contributed by atoms with van der Waals surface area (Å²) >= 11 is 0. The number of rotatable bonds is 2. The van der Waals surface area contributed by atoms with Gasteiger partial charge in [0, 0.05) is 13.1 Å². The Kier molecular flexibility index (Phi) is 3.11. The molecule has 1 aromatic rings. The first-order valence-electron chi connectivity index (χ1n) is 5.46. The lowest BCUT2D eigenvalue weighted by molar-refractivity contribution is 0.189. The number of nitrogens with zero attached hydrogens (tertiary/aromatic N) is 1. The maximum atomic E-state index is 12.4. The molecule has 17 heavy (non-hydrogen) atoms. The summed E-state index contributed by atoms with van der Waals surface area (Å²) in [5.74, 6) is 0. The van der Waals surface area contributed by atoms with E-state index in [9.17, 15) is 13.5 Å². The van der Waals surface area contributed by atoms with Crippen molar-refractivity contribution in [2.75, 3.05) is 18.8 Å². The van der Waals surface area contributed by atoms with Gasteiger partial charge in [-0.15, -0.1) is 0 Å². The van der Waals surface area contributed by atoms with Crippen molar-refractivity contribution in [2.45, 2.75) is 24.3 Å². The molecule has 6 heteroatoms. The highest BCUT2D eigenvalue weighted by atomic mass is 32.2. The highest BCUT2D eigenvalue weighted by Crippen LogP contribution is 2.28. The Morgan fingerprint density at radius 2 is 2.18 bits per heavy atom. The molecule has 2 rings (SSSR count). The van der Waals surface area contributed by atoms with Gasteiger partial charge in [0.05, 0.1) is 11.8 Å². The van der Waals surface area contributed by atoms with Crippen molar-refractivity contribution in [1.29, 1.82) is 0 Å². The van der Waals surface area contributed by atoms with Gasteiger partial charge in [-0.1, -0.05) is 12.1 Å². The zero-order valence-corrected chi connectivity index (χ0v) is 10.4. The van der Waals surface area contributed by atoms with Crippen molar-refractivity contribution >= 4 is 15.7 Å². The molecule has 0 radical (unpaired) electrons. The average Bonchev–Trinajstić information content (AvgIpc) is 2.64. The summed E-state index contributed by atoms with van der Waals surface area (Å²) in [6.07, 6.45) is -0.0969. The van der Waals surface area contributed by atoms with E-state index >= 15 is 0 Å². The number of nitrogen functional groups attached to an aromatic ring is 1. The van der Waals surface area contributed by atoms with E-state index in [-0.39, 0.29) is 17.1 Å². The van der Waals surface area contributed by atoms with E-state index in [0.717, 1.165) is 0 Å². The largest absolute Gasteiger partial charge is 0.398 e. The third-order valence-corrected chi connectivity index (χ3v) is 5.05. The molecule has 0 aliphatic carbocycles. The predicted molar refractivity (Wildman–Crippen MR) is 65.0 cm³/mol. The Balaban J connectivity index is 2.45. The van der Waals surface area contributed by atoms with Gasteiger partial charge in [-0.2, -0.15) is 4.31 Å². The monoisotopic (exact) mass is 256 g/mol.